The van der Waals surface area contributed by atoms with Crippen LogP contribution in [-0.4, -0.2) is 41.0 Å². The van der Waals surface area contributed by atoms with Gasteiger partial charge in [0.25, 0.3) is 5.91 Å². The highest BCUT2D eigenvalue weighted by Gasteiger charge is 2.17. The molecule has 0 spiro atoms. The van der Waals surface area contributed by atoms with Crippen LogP contribution in [0.25, 0.3) is 0 Å². The molecule has 0 aliphatic rings. The van der Waals surface area contributed by atoms with Crippen molar-refractivity contribution < 1.29 is 14.3 Å². The second-order valence-electron chi connectivity index (χ2n) is 3.79. The SMILES string of the molecule is CCOC(=O)c1nc(C(=O)NC(C)CSCC)cs1. The fourth-order valence-corrected chi connectivity index (χ4v) is 2.66. The topological polar surface area (TPSA) is 68.3 Å². The molecular weight excluding hydrogens is 284 g/mol. The van der Waals surface area contributed by atoms with Gasteiger partial charge in [0.15, 0.2) is 0 Å². The average Bonchev–Trinajstić information content (AvgIpc) is 2.86. The molecule has 0 fully saturated rings. The number of aromatic nitrogens is 1. The van der Waals surface area contributed by atoms with Crippen molar-refractivity contribution in [3.63, 3.8) is 0 Å². The molecular formula is C12H18N2O3S2. The number of rotatable bonds is 7. The maximum atomic E-state index is 11.9. The Morgan fingerprint density at radius 3 is 2.89 bits per heavy atom. The lowest BCUT2D eigenvalue weighted by atomic mass is 10.3. The summed E-state index contributed by atoms with van der Waals surface area (Å²) in [6.07, 6.45) is 0. The number of hydrogen-bond acceptors (Lipinski definition) is 6. The lowest BCUT2D eigenvalue weighted by molar-refractivity contribution is 0.0526. The Balaban J connectivity index is 2.56. The number of ether oxygens (including phenoxy) is 1. The fourth-order valence-electron chi connectivity index (χ4n) is 1.30. The quantitative estimate of drug-likeness (QED) is 0.782. The second kappa shape index (κ2) is 8.16. The number of nitrogens with zero attached hydrogens (tertiary/aromatic N) is 1. The first-order valence-corrected chi connectivity index (χ1v) is 8.13. The second-order valence-corrected chi connectivity index (χ2v) is 5.97. The number of thiazole rings is 1. The van der Waals surface area contributed by atoms with Gasteiger partial charge in [0.2, 0.25) is 5.01 Å². The van der Waals surface area contributed by atoms with Gasteiger partial charge in [0, 0.05) is 17.2 Å². The summed E-state index contributed by atoms with van der Waals surface area (Å²) in [5, 5.41) is 4.63. The van der Waals surface area contributed by atoms with Crippen LogP contribution in [0, 0.1) is 0 Å². The molecule has 7 heteroatoms. The summed E-state index contributed by atoms with van der Waals surface area (Å²) in [5.41, 5.74) is 0.265. The average molecular weight is 302 g/mol. The minimum absolute atomic E-state index is 0.0743. The van der Waals surface area contributed by atoms with Crippen LogP contribution in [0.3, 0.4) is 0 Å². The van der Waals surface area contributed by atoms with Crippen LogP contribution in [-0.2, 0) is 4.74 Å². The first-order chi connectivity index (χ1) is 9.08. The van der Waals surface area contributed by atoms with Gasteiger partial charge in [-0.05, 0) is 19.6 Å². The van der Waals surface area contributed by atoms with E-state index in [1.165, 1.54) is 0 Å². The molecule has 1 aromatic rings. The largest absolute Gasteiger partial charge is 0.461 e. The number of carbonyl (C=O) groups excluding carboxylic acids is 2. The third-order valence-electron chi connectivity index (χ3n) is 2.14. The van der Waals surface area contributed by atoms with Gasteiger partial charge in [0.1, 0.15) is 5.69 Å². The molecule has 0 aromatic carbocycles. The first-order valence-electron chi connectivity index (χ1n) is 6.09. The Bertz CT molecular complexity index is 434. The van der Waals surface area contributed by atoms with Gasteiger partial charge in [-0.1, -0.05) is 6.92 Å². The van der Waals surface area contributed by atoms with E-state index in [2.05, 4.69) is 17.2 Å². The fraction of sp³-hybridized carbons (Fsp3) is 0.583. The van der Waals surface area contributed by atoms with Crippen molar-refractivity contribution in [2.75, 3.05) is 18.1 Å². The number of amides is 1. The molecule has 1 aromatic heterocycles. The van der Waals surface area contributed by atoms with Gasteiger partial charge in [-0.3, -0.25) is 4.79 Å². The van der Waals surface area contributed by atoms with Gasteiger partial charge >= 0.3 is 5.97 Å². The van der Waals surface area contributed by atoms with Crippen LogP contribution < -0.4 is 5.32 Å². The summed E-state index contributed by atoms with van der Waals surface area (Å²) in [6, 6.07) is 0.0743. The molecule has 1 heterocycles. The Hall–Kier alpha value is -1.08. The number of esters is 1. The summed E-state index contributed by atoms with van der Waals surface area (Å²) >= 11 is 2.88. The Morgan fingerprint density at radius 1 is 1.53 bits per heavy atom. The molecule has 1 unspecified atom stereocenters. The summed E-state index contributed by atoms with van der Waals surface area (Å²) < 4.78 is 4.83. The zero-order valence-corrected chi connectivity index (χ0v) is 12.9. The Labute approximate surface area is 121 Å². The van der Waals surface area contributed by atoms with E-state index in [4.69, 9.17) is 4.74 Å². The highest BCUT2D eigenvalue weighted by atomic mass is 32.2. The molecule has 0 saturated heterocycles. The van der Waals surface area contributed by atoms with Gasteiger partial charge < -0.3 is 10.1 Å². The van der Waals surface area contributed by atoms with Crippen LogP contribution in [0.5, 0.6) is 0 Å². The van der Waals surface area contributed by atoms with E-state index in [9.17, 15) is 9.59 Å². The third-order valence-corrected chi connectivity index (χ3v) is 4.10. The Morgan fingerprint density at radius 2 is 2.26 bits per heavy atom. The van der Waals surface area contributed by atoms with Crippen LogP contribution in [0.1, 0.15) is 41.1 Å². The molecule has 1 amide bonds. The van der Waals surface area contributed by atoms with Crippen LogP contribution in [0.4, 0.5) is 0 Å². The molecule has 0 radical (unpaired) electrons. The van der Waals surface area contributed by atoms with E-state index in [1.807, 2.05) is 6.92 Å². The van der Waals surface area contributed by atoms with Gasteiger partial charge in [-0.15, -0.1) is 11.3 Å². The molecule has 1 atom stereocenters. The molecule has 0 aliphatic heterocycles. The van der Waals surface area contributed by atoms with E-state index in [0.717, 1.165) is 22.8 Å². The van der Waals surface area contributed by atoms with Crippen molar-refractivity contribution >= 4 is 35.0 Å². The van der Waals surface area contributed by atoms with Crippen LogP contribution >= 0.6 is 23.1 Å². The molecule has 1 rings (SSSR count). The smallest absolute Gasteiger partial charge is 0.367 e. The normalized spacial score (nSPS) is 11.9. The molecule has 0 saturated carbocycles. The summed E-state index contributed by atoms with van der Waals surface area (Å²) in [4.78, 5) is 27.3. The molecule has 0 bridgehead atoms. The van der Waals surface area contributed by atoms with Crippen molar-refractivity contribution in [1.82, 2.24) is 10.3 Å². The monoisotopic (exact) mass is 302 g/mol. The van der Waals surface area contributed by atoms with E-state index >= 15 is 0 Å². The van der Waals surface area contributed by atoms with Crippen LogP contribution in [0.2, 0.25) is 0 Å². The van der Waals surface area contributed by atoms with Gasteiger partial charge in [-0.2, -0.15) is 11.8 Å². The van der Waals surface area contributed by atoms with Gasteiger partial charge in [0.05, 0.1) is 6.61 Å². The number of nitrogens with one attached hydrogen (secondary N) is 1. The molecule has 106 valence electrons. The lowest BCUT2D eigenvalue weighted by Crippen LogP contribution is -2.34. The van der Waals surface area contributed by atoms with E-state index in [-0.39, 0.29) is 22.7 Å². The standard InChI is InChI=1S/C12H18N2O3S2/c1-4-17-12(16)11-14-9(7-19-11)10(15)13-8(3)6-18-5-2/h7-8H,4-6H2,1-3H3,(H,13,15). The molecule has 19 heavy (non-hydrogen) atoms. The third kappa shape index (κ3) is 5.20. The number of hydrogen-bond donors (Lipinski definition) is 1. The highest BCUT2D eigenvalue weighted by Crippen LogP contribution is 2.11. The molecule has 0 aliphatic carbocycles. The van der Waals surface area contributed by atoms with E-state index < -0.39 is 5.97 Å². The van der Waals surface area contributed by atoms with Gasteiger partial charge in [-0.25, -0.2) is 9.78 Å². The zero-order chi connectivity index (χ0) is 14.3. The van der Waals surface area contributed by atoms with Crippen molar-refractivity contribution in [1.29, 1.82) is 0 Å². The lowest BCUT2D eigenvalue weighted by Gasteiger charge is -2.11. The highest BCUT2D eigenvalue weighted by molar-refractivity contribution is 7.99. The van der Waals surface area contributed by atoms with E-state index in [0.29, 0.717) is 6.61 Å². The number of carbonyl (C=O) groups is 2. The minimum Gasteiger partial charge on any atom is -0.461 e. The molecule has 5 nitrogen and oxygen atoms in total. The van der Waals surface area contributed by atoms with E-state index in [1.54, 1.807) is 24.1 Å². The molecule has 1 N–H and O–H groups in total. The first kappa shape index (κ1) is 16.0. The maximum absolute atomic E-state index is 11.9. The van der Waals surface area contributed by atoms with Crippen molar-refractivity contribution in [2.45, 2.75) is 26.8 Å². The maximum Gasteiger partial charge on any atom is 0.367 e. The minimum atomic E-state index is -0.485. The summed E-state index contributed by atoms with van der Waals surface area (Å²) in [5.74, 6) is 1.14. The summed E-state index contributed by atoms with van der Waals surface area (Å²) in [6.45, 7) is 6.04. The van der Waals surface area contributed by atoms with Crippen molar-refractivity contribution in [2.24, 2.45) is 0 Å². The predicted octanol–water partition coefficient (Wildman–Crippen LogP) is 2.19. The van der Waals surface area contributed by atoms with Crippen molar-refractivity contribution in [3.8, 4) is 0 Å². The van der Waals surface area contributed by atoms with Crippen LogP contribution in [0.15, 0.2) is 5.38 Å². The number of thioether (sulfide) groups is 1. The Kier molecular flexibility index (Phi) is 6.86. The predicted molar refractivity (Wildman–Crippen MR) is 78.0 cm³/mol. The summed E-state index contributed by atoms with van der Waals surface area (Å²) in [7, 11) is 0. The van der Waals surface area contributed by atoms with Crippen molar-refractivity contribution in [3.05, 3.63) is 16.1 Å². The zero-order valence-electron chi connectivity index (χ0n) is 11.3.